The molecule has 4 amide bonds. The molecule has 0 atom stereocenters. The SMILES string of the molecule is [C-]#[N+]c1ccc(NC(=O)/N=C2\N(c3ccc([N+]#[C-])cc3)C(=O)N(c3ccc(C#N)cc3)C23COC3)cc1. The summed E-state index contributed by atoms with van der Waals surface area (Å²) >= 11 is 0. The van der Waals surface area contributed by atoms with Crippen molar-refractivity contribution in [1.29, 1.82) is 5.26 Å². The van der Waals surface area contributed by atoms with E-state index in [1.165, 1.54) is 9.80 Å². The number of carbonyl (C=O) groups excluding carboxylic acids is 2. The fraction of sp³-hybridized carbons (Fsp3) is 0.111. The van der Waals surface area contributed by atoms with Gasteiger partial charge in [-0.05, 0) is 48.5 Å². The zero-order chi connectivity index (χ0) is 26.0. The Hall–Kier alpha value is -5.50. The molecule has 0 aromatic heterocycles. The van der Waals surface area contributed by atoms with Crippen molar-refractivity contribution in [3.8, 4) is 6.07 Å². The van der Waals surface area contributed by atoms with Gasteiger partial charge in [0.1, 0.15) is 0 Å². The number of aliphatic imine (C=N–C) groups is 1. The number of nitriles is 1. The predicted molar refractivity (Wildman–Crippen MR) is 137 cm³/mol. The van der Waals surface area contributed by atoms with Crippen molar-refractivity contribution in [1.82, 2.24) is 0 Å². The first-order valence-corrected chi connectivity index (χ1v) is 11.1. The molecule has 0 radical (unpaired) electrons. The maximum Gasteiger partial charge on any atom is 0.347 e. The van der Waals surface area contributed by atoms with Gasteiger partial charge < -0.3 is 10.1 Å². The summed E-state index contributed by atoms with van der Waals surface area (Å²) in [7, 11) is 0. The molecule has 10 nitrogen and oxygen atoms in total. The minimum Gasteiger partial charge on any atom is -0.375 e. The van der Waals surface area contributed by atoms with Crippen LogP contribution in [0.15, 0.2) is 77.8 Å². The average Bonchev–Trinajstić information content (AvgIpc) is 3.17. The van der Waals surface area contributed by atoms with Crippen LogP contribution in [-0.4, -0.2) is 36.7 Å². The van der Waals surface area contributed by atoms with Crippen molar-refractivity contribution >= 4 is 46.3 Å². The lowest BCUT2D eigenvalue weighted by Gasteiger charge is -2.43. The second-order valence-corrected chi connectivity index (χ2v) is 8.29. The van der Waals surface area contributed by atoms with Gasteiger partial charge in [0.25, 0.3) is 0 Å². The van der Waals surface area contributed by atoms with Gasteiger partial charge >= 0.3 is 12.1 Å². The van der Waals surface area contributed by atoms with Gasteiger partial charge in [-0.2, -0.15) is 10.3 Å². The Morgan fingerprint density at radius 2 is 1.51 bits per heavy atom. The van der Waals surface area contributed by atoms with E-state index in [0.717, 1.165) is 0 Å². The second kappa shape index (κ2) is 9.27. The molecule has 0 unspecified atom stereocenters. The number of nitrogens with zero attached hydrogens (tertiary/aromatic N) is 6. The molecule has 0 saturated carbocycles. The standard InChI is InChI=1S/C27H17N7O3/c1-29-19-5-7-21(8-6-19)31-25(35)32-24-27(16-37-17-27)34(23-11-3-18(15-28)4-12-23)26(36)33(24)22-13-9-20(30-2)10-14-22/h3-14H,16-17H2,(H,31,35)/b32-24-. The molecule has 178 valence electrons. The van der Waals surface area contributed by atoms with Gasteiger partial charge in [0.05, 0.1) is 38.0 Å². The average molecular weight is 487 g/mol. The molecule has 2 aliphatic heterocycles. The van der Waals surface area contributed by atoms with E-state index >= 15 is 0 Å². The maximum atomic E-state index is 13.9. The van der Waals surface area contributed by atoms with Crippen LogP contribution in [-0.2, 0) is 4.74 Å². The Bertz CT molecular complexity index is 1540. The number of rotatable bonds is 3. The minimum absolute atomic E-state index is 0.112. The summed E-state index contributed by atoms with van der Waals surface area (Å²) in [5.41, 5.74) is 1.64. The van der Waals surface area contributed by atoms with E-state index in [-0.39, 0.29) is 19.0 Å². The van der Waals surface area contributed by atoms with Crippen LogP contribution in [0.25, 0.3) is 9.69 Å². The molecule has 0 aliphatic carbocycles. The maximum absolute atomic E-state index is 13.9. The van der Waals surface area contributed by atoms with Gasteiger partial charge in [0.2, 0.25) is 0 Å². The third-order valence-corrected chi connectivity index (χ3v) is 6.07. The Kier molecular flexibility index (Phi) is 5.83. The summed E-state index contributed by atoms with van der Waals surface area (Å²) < 4.78 is 5.53. The molecule has 1 N–H and O–H groups in total. The lowest BCUT2D eigenvalue weighted by molar-refractivity contribution is -0.0152. The largest absolute Gasteiger partial charge is 0.375 e. The summed E-state index contributed by atoms with van der Waals surface area (Å²) in [6.45, 7) is 14.5. The molecule has 10 heteroatoms. The number of ether oxygens (including phenoxy) is 1. The van der Waals surface area contributed by atoms with Gasteiger partial charge in [-0.3, -0.25) is 4.90 Å². The van der Waals surface area contributed by atoms with Crippen molar-refractivity contribution in [3.05, 3.63) is 101 Å². The second-order valence-electron chi connectivity index (χ2n) is 8.29. The number of hydrogen-bond acceptors (Lipinski definition) is 4. The molecule has 1 spiro atoms. The summed E-state index contributed by atoms with van der Waals surface area (Å²) in [5.74, 6) is 0.180. The normalized spacial score (nSPS) is 16.6. The van der Waals surface area contributed by atoms with E-state index in [2.05, 4.69) is 26.1 Å². The fourth-order valence-corrected chi connectivity index (χ4v) is 4.21. The molecule has 5 rings (SSSR count). The molecule has 2 heterocycles. The first-order valence-electron chi connectivity index (χ1n) is 11.1. The van der Waals surface area contributed by atoms with Crippen molar-refractivity contribution in [2.45, 2.75) is 5.54 Å². The first-order chi connectivity index (χ1) is 18.0. The monoisotopic (exact) mass is 487 g/mol. The molecular formula is C27H17N7O3. The fourth-order valence-electron chi connectivity index (χ4n) is 4.21. The molecule has 3 aromatic carbocycles. The lowest BCUT2D eigenvalue weighted by atomic mass is 9.93. The minimum atomic E-state index is -1.05. The molecular weight excluding hydrogens is 470 g/mol. The van der Waals surface area contributed by atoms with Crippen molar-refractivity contribution < 1.29 is 14.3 Å². The number of amidine groups is 1. The van der Waals surface area contributed by atoms with Crippen LogP contribution in [0.4, 0.5) is 38.0 Å². The zero-order valence-electron chi connectivity index (χ0n) is 19.3. The van der Waals surface area contributed by atoms with Gasteiger partial charge in [0.15, 0.2) is 22.7 Å². The van der Waals surface area contributed by atoms with Crippen molar-refractivity contribution in [3.63, 3.8) is 0 Å². The van der Waals surface area contributed by atoms with Gasteiger partial charge in [0, 0.05) is 17.1 Å². The number of urea groups is 2. The molecule has 0 bridgehead atoms. The van der Waals surface area contributed by atoms with Crippen LogP contribution >= 0.6 is 0 Å². The Morgan fingerprint density at radius 3 is 2.03 bits per heavy atom. The third kappa shape index (κ3) is 4.02. The number of hydrogen-bond donors (Lipinski definition) is 1. The highest BCUT2D eigenvalue weighted by Crippen LogP contribution is 2.41. The van der Waals surface area contributed by atoms with Crippen LogP contribution in [0, 0.1) is 24.5 Å². The van der Waals surface area contributed by atoms with E-state index in [1.54, 1.807) is 72.8 Å². The third-order valence-electron chi connectivity index (χ3n) is 6.07. The number of amides is 4. The number of benzene rings is 3. The summed E-state index contributed by atoms with van der Waals surface area (Å²) in [4.78, 5) is 40.8. The van der Waals surface area contributed by atoms with Gasteiger partial charge in [-0.25, -0.2) is 24.2 Å². The molecule has 3 aromatic rings. The van der Waals surface area contributed by atoms with Crippen LogP contribution in [0.3, 0.4) is 0 Å². The number of nitrogens with one attached hydrogen (secondary N) is 1. The van der Waals surface area contributed by atoms with E-state index in [1.807, 2.05) is 0 Å². The summed E-state index contributed by atoms with van der Waals surface area (Å²) in [6, 6.07) is 20.2. The van der Waals surface area contributed by atoms with Crippen LogP contribution in [0.1, 0.15) is 5.56 Å². The summed E-state index contributed by atoms with van der Waals surface area (Å²) in [6.07, 6.45) is 0. The van der Waals surface area contributed by atoms with E-state index in [4.69, 9.17) is 17.9 Å². The lowest BCUT2D eigenvalue weighted by Crippen LogP contribution is -2.64. The van der Waals surface area contributed by atoms with Crippen LogP contribution in [0.2, 0.25) is 0 Å². The predicted octanol–water partition coefficient (Wildman–Crippen LogP) is 5.51. The highest BCUT2D eigenvalue weighted by molar-refractivity contribution is 6.34. The summed E-state index contributed by atoms with van der Waals surface area (Å²) in [5, 5.41) is 11.9. The number of carbonyl (C=O) groups is 2. The van der Waals surface area contributed by atoms with Crippen molar-refractivity contribution in [2.75, 3.05) is 28.3 Å². The topological polar surface area (TPSA) is 107 Å². The van der Waals surface area contributed by atoms with E-state index < -0.39 is 17.6 Å². The number of anilines is 3. The molecule has 37 heavy (non-hydrogen) atoms. The van der Waals surface area contributed by atoms with Gasteiger partial charge in [-0.15, -0.1) is 0 Å². The van der Waals surface area contributed by atoms with E-state index in [0.29, 0.717) is 34.0 Å². The Labute approximate surface area is 212 Å². The van der Waals surface area contributed by atoms with E-state index in [9.17, 15) is 14.9 Å². The highest BCUT2D eigenvalue weighted by Gasteiger charge is 2.61. The molecule has 2 aliphatic rings. The first kappa shape index (κ1) is 23.3. The Morgan fingerprint density at radius 1 is 0.946 bits per heavy atom. The van der Waals surface area contributed by atoms with Crippen LogP contribution < -0.4 is 15.1 Å². The highest BCUT2D eigenvalue weighted by atomic mass is 16.5. The molecule has 2 fully saturated rings. The van der Waals surface area contributed by atoms with Gasteiger partial charge in [-0.1, -0.05) is 24.3 Å². The quantitative estimate of drug-likeness (QED) is 0.492. The van der Waals surface area contributed by atoms with Crippen LogP contribution in [0.5, 0.6) is 0 Å². The Balaban J connectivity index is 1.58. The smallest absolute Gasteiger partial charge is 0.347 e. The van der Waals surface area contributed by atoms with Crippen molar-refractivity contribution in [2.24, 2.45) is 4.99 Å². The molecule has 2 saturated heterocycles. The zero-order valence-corrected chi connectivity index (χ0v) is 19.3.